The number of anilines is 1. The van der Waals surface area contributed by atoms with Gasteiger partial charge >= 0.3 is 5.97 Å². The molecule has 3 rings (SSSR count). The van der Waals surface area contributed by atoms with Gasteiger partial charge in [-0.25, -0.2) is 4.79 Å². The molecule has 0 unspecified atom stereocenters. The second-order valence-corrected chi connectivity index (χ2v) is 6.30. The molecule has 0 saturated heterocycles. The Bertz CT molecular complexity index is 870. The number of carbonyl (C=O) groups is 3. The van der Waals surface area contributed by atoms with E-state index in [1.165, 1.54) is 6.92 Å². The number of rotatable bonds is 6. The fourth-order valence-corrected chi connectivity index (χ4v) is 3.23. The van der Waals surface area contributed by atoms with Gasteiger partial charge in [0.05, 0.1) is 5.56 Å². The summed E-state index contributed by atoms with van der Waals surface area (Å²) < 4.78 is 0. The van der Waals surface area contributed by atoms with Crippen molar-refractivity contribution in [3.05, 3.63) is 53.1 Å². The van der Waals surface area contributed by atoms with Crippen molar-refractivity contribution in [2.45, 2.75) is 32.6 Å². The Morgan fingerprint density at radius 1 is 1.08 bits per heavy atom. The first kappa shape index (κ1) is 16.9. The maximum absolute atomic E-state index is 12.0. The number of amides is 1. The summed E-state index contributed by atoms with van der Waals surface area (Å²) in [5.74, 6) is -0.979. The van der Waals surface area contributed by atoms with E-state index in [1.807, 2.05) is 18.2 Å². The Balaban J connectivity index is 1.77. The van der Waals surface area contributed by atoms with Crippen molar-refractivity contribution in [1.29, 1.82) is 0 Å². The van der Waals surface area contributed by atoms with Crippen LogP contribution in [0.3, 0.4) is 0 Å². The third kappa shape index (κ3) is 3.60. The van der Waals surface area contributed by atoms with Gasteiger partial charge in [-0.1, -0.05) is 18.2 Å². The predicted octanol–water partition coefficient (Wildman–Crippen LogP) is 3.65. The Labute approximate surface area is 145 Å². The minimum absolute atomic E-state index is 0.0809. The molecule has 0 radical (unpaired) electrons. The highest BCUT2D eigenvalue weighted by Crippen LogP contribution is 2.40. The fraction of sp³-hybridized carbons (Fsp3) is 0.250. The van der Waals surface area contributed by atoms with Crippen molar-refractivity contribution in [3.63, 3.8) is 0 Å². The molecule has 0 bridgehead atoms. The van der Waals surface area contributed by atoms with Crippen LogP contribution in [0.2, 0.25) is 0 Å². The molecule has 0 heterocycles. The normalized spacial score (nSPS) is 11.6. The summed E-state index contributed by atoms with van der Waals surface area (Å²) in [5.41, 5.74) is 4.66. The molecule has 0 saturated carbocycles. The van der Waals surface area contributed by atoms with Crippen LogP contribution in [0, 0.1) is 0 Å². The number of hydrogen-bond acceptors (Lipinski definition) is 3. The minimum atomic E-state index is -0.937. The summed E-state index contributed by atoms with van der Waals surface area (Å²) in [5, 5.41) is 12.2. The van der Waals surface area contributed by atoms with Gasteiger partial charge < -0.3 is 15.2 Å². The van der Waals surface area contributed by atoms with Crippen LogP contribution < -0.4 is 5.32 Å². The summed E-state index contributed by atoms with van der Waals surface area (Å²) in [7, 11) is 0. The molecule has 128 valence electrons. The zero-order valence-electron chi connectivity index (χ0n) is 14.0. The lowest BCUT2D eigenvalue weighted by atomic mass is 9.99. The maximum Gasteiger partial charge on any atom is 0.336 e. The molecule has 0 spiro atoms. The number of aromatic carboxylic acids is 1. The van der Waals surface area contributed by atoms with Crippen LogP contribution in [-0.2, 0) is 16.0 Å². The van der Waals surface area contributed by atoms with E-state index >= 15 is 0 Å². The average Bonchev–Trinajstić information content (AvgIpc) is 2.91. The highest BCUT2D eigenvalue weighted by atomic mass is 16.4. The fourth-order valence-electron chi connectivity index (χ4n) is 3.23. The minimum Gasteiger partial charge on any atom is -0.478 e. The van der Waals surface area contributed by atoms with Crippen molar-refractivity contribution in [2.24, 2.45) is 0 Å². The van der Waals surface area contributed by atoms with E-state index in [4.69, 9.17) is 0 Å². The van der Waals surface area contributed by atoms with E-state index in [-0.39, 0.29) is 11.7 Å². The first-order valence-corrected chi connectivity index (χ1v) is 8.23. The number of Topliss-reactive ketones (excluding diaryl/α,β-unsaturated/α-hetero) is 1. The van der Waals surface area contributed by atoms with Crippen molar-refractivity contribution in [1.82, 2.24) is 0 Å². The van der Waals surface area contributed by atoms with Crippen LogP contribution in [0.25, 0.3) is 11.1 Å². The number of benzene rings is 2. The van der Waals surface area contributed by atoms with Crippen LogP contribution >= 0.6 is 0 Å². The molecular formula is C20H19NO4. The van der Waals surface area contributed by atoms with E-state index in [9.17, 15) is 19.5 Å². The molecule has 5 heteroatoms. The van der Waals surface area contributed by atoms with Crippen LogP contribution in [-0.4, -0.2) is 22.8 Å². The second-order valence-electron chi connectivity index (χ2n) is 6.30. The number of carboxylic acids is 1. The second kappa shape index (κ2) is 6.89. The lowest BCUT2D eigenvalue weighted by molar-refractivity contribution is -0.117. The Hall–Kier alpha value is -2.95. The van der Waals surface area contributed by atoms with Gasteiger partial charge in [-0.05, 0) is 60.2 Å². The van der Waals surface area contributed by atoms with Crippen molar-refractivity contribution < 1.29 is 19.5 Å². The largest absolute Gasteiger partial charge is 0.478 e. The monoisotopic (exact) mass is 337 g/mol. The zero-order chi connectivity index (χ0) is 18.0. The van der Waals surface area contributed by atoms with Gasteiger partial charge in [-0.15, -0.1) is 0 Å². The Morgan fingerprint density at radius 3 is 2.60 bits per heavy atom. The summed E-state index contributed by atoms with van der Waals surface area (Å²) in [6, 6.07) is 10.8. The van der Waals surface area contributed by atoms with Crippen molar-refractivity contribution in [3.8, 4) is 11.1 Å². The molecule has 1 amide bonds. The lowest BCUT2D eigenvalue weighted by Gasteiger charge is -2.08. The van der Waals surface area contributed by atoms with Gasteiger partial charge in [-0.2, -0.15) is 0 Å². The van der Waals surface area contributed by atoms with Gasteiger partial charge in [-0.3, -0.25) is 4.79 Å². The number of hydrogen-bond donors (Lipinski definition) is 2. The molecule has 5 nitrogen and oxygen atoms in total. The third-order valence-corrected chi connectivity index (χ3v) is 4.35. The van der Waals surface area contributed by atoms with Crippen LogP contribution in [0.5, 0.6) is 0 Å². The molecule has 0 aromatic heterocycles. The number of ketones is 1. The van der Waals surface area contributed by atoms with E-state index in [2.05, 4.69) is 5.32 Å². The first-order chi connectivity index (χ1) is 12.0. The molecule has 0 atom stereocenters. The van der Waals surface area contributed by atoms with Crippen molar-refractivity contribution in [2.75, 3.05) is 5.32 Å². The highest BCUT2D eigenvalue weighted by molar-refractivity contribution is 5.99. The highest BCUT2D eigenvalue weighted by Gasteiger charge is 2.24. The van der Waals surface area contributed by atoms with E-state index < -0.39 is 5.97 Å². The summed E-state index contributed by atoms with van der Waals surface area (Å²) in [4.78, 5) is 34.3. The molecule has 0 fully saturated rings. The summed E-state index contributed by atoms with van der Waals surface area (Å²) >= 11 is 0. The number of nitrogens with one attached hydrogen (secondary N) is 1. The average molecular weight is 337 g/mol. The molecular weight excluding hydrogens is 318 g/mol. The summed E-state index contributed by atoms with van der Waals surface area (Å²) in [6.07, 6.45) is 1.91. The van der Waals surface area contributed by atoms with E-state index in [0.29, 0.717) is 36.9 Å². The van der Waals surface area contributed by atoms with Crippen molar-refractivity contribution >= 4 is 23.3 Å². The van der Waals surface area contributed by atoms with Gasteiger partial charge in [0.15, 0.2) is 0 Å². The van der Waals surface area contributed by atoms with Gasteiger partial charge in [0, 0.05) is 18.5 Å². The molecule has 2 aromatic rings. The maximum atomic E-state index is 12.0. The standard InChI is InChI=1S/C20H19NO4/c1-12(22)4-2-7-18(23)21-15-8-9-16-14(11-15)10-13-5-3-6-17(19(13)16)20(24)25/h3,5-6,8-9,11H,2,4,7,10H2,1H3,(H,21,23)(H,24,25). The zero-order valence-corrected chi connectivity index (χ0v) is 14.0. The molecule has 1 aliphatic carbocycles. The first-order valence-electron chi connectivity index (χ1n) is 8.23. The lowest BCUT2D eigenvalue weighted by Crippen LogP contribution is -2.11. The van der Waals surface area contributed by atoms with Crippen LogP contribution in [0.4, 0.5) is 5.69 Å². The number of carboxylic acid groups (broad SMARTS) is 1. The smallest absolute Gasteiger partial charge is 0.336 e. The number of fused-ring (bicyclic) bond motifs is 3. The van der Waals surface area contributed by atoms with Gasteiger partial charge in [0.1, 0.15) is 5.78 Å². The molecule has 1 aliphatic rings. The van der Waals surface area contributed by atoms with Crippen LogP contribution in [0.15, 0.2) is 36.4 Å². The van der Waals surface area contributed by atoms with Gasteiger partial charge in [0.25, 0.3) is 0 Å². The Morgan fingerprint density at radius 2 is 1.88 bits per heavy atom. The van der Waals surface area contributed by atoms with E-state index in [1.54, 1.807) is 18.2 Å². The molecule has 0 aliphatic heterocycles. The molecule has 2 aromatic carbocycles. The number of carbonyl (C=O) groups excluding carboxylic acids is 2. The molecule has 2 N–H and O–H groups in total. The third-order valence-electron chi connectivity index (χ3n) is 4.35. The SMILES string of the molecule is CC(=O)CCCC(=O)Nc1ccc2c(c1)Cc1cccc(C(=O)O)c1-2. The van der Waals surface area contributed by atoms with Gasteiger partial charge in [0.2, 0.25) is 5.91 Å². The quantitative estimate of drug-likeness (QED) is 0.719. The van der Waals surface area contributed by atoms with Crippen LogP contribution in [0.1, 0.15) is 47.7 Å². The predicted molar refractivity (Wildman–Crippen MR) is 94.8 cm³/mol. The topological polar surface area (TPSA) is 83.5 Å². The Kier molecular flexibility index (Phi) is 4.65. The molecule has 25 heavy (non-hydrogen) atoms. The van der Waals surface area contributed by atoms with E-state index in [0.717, 1.165) is 22.3 Å². The summed E-state index contributed by atoms with van der Waals surface area (Å²) in [6.45, 7) is 1.52.